The molecule has 4 rings (SSSR count). The van der Waals surface area contributed by atoms with Gasteiger partial charge >= 0.3 is 6.18 Å². The Bertz CT molecular complexity index is 1140. The lowest BCUT2D eigenvalue weighted by molar-refractivity contribution is -0.137. The van der Waals surface area contributed by atoms with Crippen molar-refractivity contribution in [2.45, 2.75) is 31.8 Å². The van der Waals surface area contributed by atoms with E-state index in [-0.39, 0.29) is 11.8 Å². The average molecular weight is 478 g/mol. The molecular weight excluding hydrogens is 455 g/mol. The first-order chi connectivity index (χ1) is 15.6. The molecule has 0 aliphatic carbocycles. The van der Waals surface area contributed by atoms with Gasteiger partial charge in [0.1, 0.15) is 11.9 Å². The number of benzene rings is 2. The second-order valence-corrected chi connectivity index (χ2v) is 8.88. The van der Waals surface area contributed by atoms with Gasteiger partial charge < -0.3 is 9.47 Å². The molecule has 2 aliphatic heterocycles. The van der Waals surface area contributed by atoms with Gasteiger partial charge in [-0.3, -0.25) is 9.69 Å². The van der Waals surface area contributed by atoms with Crippen LogP contribution in [0.4, 0.5) is 18.9 Å². The zero-order valence-corrected chi connectivity index (χ0v) is 19.3. The quantitative estimate of drug-likeness (QED) is 0.587. The van der Waals surface area contributed by atoms with E-state index in [1.54, 1.807) is 12.1 Å². The van der Waals surface area contributed by atoms with Gasteiger partial charge in [0.2, 0.25) is 0 Å². The summed E-state index contributed by atoms with van der Waals surface area (Å²) < 4.78 is 49.4. The predicted octanol–water partition coefficient (Wildman–Crippen LogP) is 5.27. The highest BCUT2D eigenvalue weighted by Gasteiger charge is 2.43. The molecule has 6 nitrogen and oxygen atoms in total. The molecule has 2 aliphatic rings. The van der Waals surface area contributed by atoms with Crippen LogP contribution in [0.2, 0.25) is 0 Å². The second-order valence-electron chi connectivity index (χ2n) is 7.93. The molecule has 2 aromatic rings. The van der Waals surface area contributed by atoms with Crippen LogP contribution in [-0.4, -0.2) is 42.1 Å². The van der Waals surface area contributed by atoms with E-state index in [0.29, 0.717) is 45.1 Å². The summed E-state index contributed by atoms with van der Waals surface area (Å²) in [6, 6.07) is 7.98. The van der Waals surface area contributed by atoms with Crippen LogP contribution in [-0.2, 0) is 16.7 Å². The molecular formula is C23H22F3N3O3S. The summed E-state index contributed by atoms with van der Waals surface area (Å²) in [6.07, 6.45) is -4.38. The number of ether oxygens (including phenoxy) is 2. The van der Waals surface area contributed by atoms with E-state index in [4.69, 9.17) is 14.5 Å². The first-order valence-corrected chi connectivity index (χ1v) is 11.2. The summed E-state index contributed by atoms with van der Waals surface area (Å²) in [5.41, 5.74) is 1.25. The monoisotopic (exact) mass is 477 g/mol. The molecule has 2 aromatic carbocycles. The molecule has 0 radical (unpaired) electrons. The molecule has 0 saturated carbocycles. The van der Waals surface area contributed by atoms with E-state index < -0.39 is 17.8 Å². The molecule has 0 spiro atoms. The molecule has 0 N–H and O–H groups in total. The minimum absolute atomic E-state index is 0.0303. The molecule has 1 atom stereocenters. The Kier molecular flexibility index (Phi) is 6.13. The van der Waals surface area contributed by atoms with Crippen LogP contribution in [0.1, 0.15) is 30.5 Å². The second kappa shape index (κ2) is 8.74. The van der Waals surface area contributed by atoms with Crippen LogP contribution in [0.5, 0.6) is 11.5 Å². The van der Waals surface area contributed by atoms with Gasteiger partial charge in [-0.25, -0.2) is 4.99 Å². The van der Waals surface area contributed by atoms with Gasteiger partial charge in [-0.1, -0.05) is 37.7 Å². The fraction of sp³-hybridized carbons (Fsp3) is 0.348. The maximum Gasteiger partial charge on any atom is 0.416 e. The Morgan fingerprint density at radius 2 is 1.70 bits per heavy atom. The SMILES string of the molecule is COc1cc2c(cc1OC)C1=NC(=O)[C@@H](C(C)C)N1C(SCc1ccc(C(F)(F)F)cc1)=N2. The van der Waals surface area contributed by atoms with Crippen molar-refractivity contribution in [1.29, 1.82) is 0 Å². The van der Waals surface area contributed by atoms with E-state index in [2.05, 4.69) is 4.99 Å². The van der Waals surface area contributed by atoms with E-state index in [1.165, 1.54) is 38.1 Å². The fourth-order valence-electron chi connectivity index (χ4n) is 3.79. The van der Waals surface area contributed by atoms with Crippen LogP contribution >= 0.6 is 11.8 Å². The minimum Gasteiger partial charge on any atom is -0.493 e. The van der Waals surface area contributed by atoms with Gasteiger partial charge in [0.15, 0.2) is 16.7 Å². The first-order valence-electron chi connectivity index (χ1n) is 10.2. The lowest BCUT2D eigenvalue weighted by Gasteiger charge is -2.33. The third-order valence-corrected chi connectivity index (χ3v) is 6.44. The third kappa shape index (κ3) is 4.31. The number of hydrogen-bond acceptors (Lipinski definition) is 6. The van der Waals surface area contributed by atoms with Crippen molar-refractivity contribution < 1.29 is 27.4 Å². The molecule has 0 fully saturated rings. The zero-order valence-electron chi connectivity index (χ0n) is 18.4. The predicted molar refractivity (Wildman–Crippen MR) is 121 cm³/mol. The summed E-state index contributed by atoms with van der Waals surface area (Å²) in [5.74, 6) is 1.56. The van der Waals surface area contributed by atoms with Gasteiger partial charge in [0, 0.05) is 17.4 Å². The molecule has 0 unspecified atom stereocenters. The number of amidine groups is 2. The van der Waals surface area contributed by atoms with Crippen molar-refractivity contribution in [3.8, 4) is 11.5 Å². The number of rotatable bonds is 5. The van der Waals surface area contributed by atoms with Crippen molar-refractivity contribution in [3.63, 3.8) is 0 Å². The largest absolute Gasteiger partial charge is 0.493 e. The smallest absolute Gasteiger partial charge is 0.416 e. The van der Waals surface area contributed by atoms with Crippen molar-refractivity contribution >= 4 is 34.4 Å². The Labute approximate surface area is 193 Å². The number of carbonyl (C=O) groups excluding carboxylic acids is 1. The van der Waals surface area contributed by atoms with Crippen LogP contribution in [0.15, 0.2) is 46.4 Å². The molecule has 174 valence electrons. The lowest BCUT2D eigenvalue weighted by atomic mass is 10.0. The van der Waals surface area contributed by atoms with Crippen LogP contribution in [0.3, 0.4) is 0 Å². The number of carbonyl (C=O) groups is 1. The minimum atomic E-state index is -4.38. The Morgan fingerprint density at radius 3 is 2.27 bits per heavy atom. The summed E-state index contributed by atoms with van der Waals surface area (Å²) >= 11 is 1.34. The van der Waals surface area contributed by atoms with Gasteiger partial charge in [-0.2, -0.15) is 18.2 Å². The number of hydrogen-bond donors (Lipinski definition) is 0. The molecule has 2 heterocycles. The summed E-state index contributed by atoms with van der Waals surface area (Å²) in [6.45, 7) is 3.87. The van der Waals surface area contributed by atoms with E-state index in [9.17, 15) is 18.0 Å². The fourth-order valence-corrected chi connectivity index (χ4v) is 4.78. The van der Waals surface area contributed by atoms with Gasteiger partial charge in [-0.15, -0.1) is 0 Å². The summed E-state index contributed by atoms with van der Waals surface area (Å²) in [5, 5.41) is 0.554. The highest BCUT2D eigenvalue weighted by atomic mass is 32.2. The van der Waals surface area contributed by atoms with Gasteiger partial charge in [-0.05, 0) is 29.7 Å². The molecule has 0 bridgehead atoms. The van der Waals surface area contributed by atoms with Gasteiger partial charge in [0.25, 0.3) is 5.91 Å². The Hall–Kier alpha value is -3.01. The maximum atomic E-state index is 12.9. The molecule has 10 heteroatoms. The molecule has 33 heavy (non-hydrogen) atoms. The standard InChI is InChI=1S/C23H22F3N3O3S/c1-12(2)19-21(30)28-20-15-9-17(31-3)18(32-4)10-16(15)27-22(29(19)20)33-11-13-5-7-14(8-6-13)23(24,25)26/h5-10,12,19H,11H2,1-4H3/t19-/m1/s1. The highest BCUT2D eigenvalue weighted by Crippen LogP contribution is 2.42. The van der Waals surface area contributed by atoms with Crippen molar-refractivity contribution in [2.24, 2.45) is 15.9 Å². The van der Waals surface area contributed by atoms with Crippen LogP contribution < -0.4 is 9.47 Å². The van der Waals surface area contributed by atoms with E-state index in [1.807, 2.05) is 18.7 Å². The molecule has 1 amide bonds. The third-order valence-electron chi connectivity index (χ3n) is 5.42. The van der Waals surface area contributed by atoms with E-state index >= 15 is 0 Å². The number of alkyl halides is 3. The van der Waals surface area contributed by atoms with Crippen LogP contribution in [0, 0.1) is 5.92 Å². The molecule has 0 aromatic heterocycles. The Balaban J connectivity index is 1.70. The zero-order chi connectivity index (χ0) is 23.9. The lowest BCUT2D eigenvalue weighted by Crippen LogP contribution is -2.46. The summed E-state index contributed by atoms with van der Waals surface area (Å²) in [7, 11) is 3.05. The number of methoxy groups -OCH3 is 2. The van der Waals surface area contributed by atoms with Gasteiger partial charge in [0.05, 0.1) is 25.5 Å². The number of thioether (sulfide) groups is 1. The number of halogens is 3. The van der Waals surface area contributed by atoms with Crippen LogP contribution in [0.25, 0.3) is 0 Å². The van der Waals surface area contributed by atoms with Crippen molar-refractivity contribution in [1.82, 2.24) is 4.90 Å². The first kappa shape index (κ1) is 23.2. The van der Waals surface area contributed by atoms with Crippen molar-refractivity contribution in [3.05, 3.63) is 53.1 Å². The van der Waals surface area contributed by atoms with Crippen molar-refractivity contribution in [2.75, 3.05) is 14.2 Å². The number of nitrogens with zero attached hydrogens (tertiary/aromatic N) is 3. The topological polar surface area (TPSA) is 63.5 Å². The average Bonchev–Trinajstić information content (AvgIpc) is 3.13. The number of amides is 1. The normalized spacial score (nSPS) is 17.5. The number of fused-ring (bicyclic) bond motifs is 3. The maximum absolute atomic E-state index is 12.9. The summed E-state index contributed by atoms with van der Waals surface area (Å²) in [4.78, 5) is 23.7. The molecule has 0 saturated heterocycles. The Morgan fingerprint density at radius 1 is 1.06 bits per heavy atom. The highest BCUT2D eigenvalue weighted by molar-refractivity contribution is 8.13. The number of aliphatic imine (C=N–C) groups is 2. The van der Waals surface area contributed by atoms with E-state index in [0.717, 1.165) is 12.1 Å².